The van der Waals surface area contributed by atoms with Gasteiger partial charge in [-0.25, -0.2) is 0 Å². The lowest BCUT2D eigenvalue weighted by molar-refractivity contribution is -0.0387. The summed E-state index contributed by atoms with van der Waals surface area (Å²) >= 11 is 0. The van der Waals surface area contributed by atoms with Gasteiger partial charge in [-0.15, -0.1) is 0 Å². The second-order valence-electron chi connectivity index (χ2n) is 5.51. The maximum atomic E-state index is 12.6. The molecule has 110 valence electrons. The molecule has 1 aliphatic rings. The number of carbonyl (C=O) groups excluding carboxylic acids is 1. The van der Waals surface area contributed by atoms with Crippen molar-refractivity contribution < 1.29 is 9.53 Å². The molecule has 1 fully saturated rings. The van der Waals surface area contributed by atoms with Crippen LogP contribution in [0.4, 0.5) is 5.69 Å². The number of hydrogen-bond donors (Lipinski definition) is 0. The normalized spacial score (nSPS) is 22.7. The molecule has 1 amide bonds. The van der Waals surface area contributed by atoms with Gasteiger partial charge >= 0.3 is 0 Å². The summed E-state index contributed by atoms with van der Waals surface area (Å²) in [4.78, 5) is 16.6. The zero-order valence-electron chi connectivity index (χ0n) is 12.8. The van der Waals surface area contributed by atoms with Crippen molar-refractivity contribution in [2.45, 2.75) is 32.9 Å². The number of anilines is 1. The van der Waals surface area contributed by atoms with E-state index in [0.717, 1.165) is 17.8 Å². The van der Waals surface area contributed by atoms with Crippen molar-refractivity contribution in [2.24, 2.45) is 0 Å². The van der Waals surface area contributed by atoms with Crippen molar-refractivity contribution in [3.63, 3.8) is 0 Å². The van der Waals surface area contributed by atoms with Crippen molar-refractivity contribution in [1.82, 2.24) is 4.90 Å². The molecule has 0 bridgehead atoms. The summed E-state index contributed by atoms with van der Waals surface area (Å²) in [5.41, 5.74) is 1.88. The smallest absolute Gasteiger partial charge is 0.254 e. The topological polar surface area (TPSA) is 32.8 Å². The van der Waals surface area contributed by atoms with Crippen LogP contribution < -0.4 is 4.90 Å². The Morgan fingerprint density at radius 2 is 2.00 bits per heavy atom. The first-order chi connectivity index (χ1) is 9.52. The molecule has 2 rings (SSSR count). The van der Waals surface area contributed by atoms with Crippen LogP contribution in [0.3, 0.4) is 0 Å². The Balaban J connectivity index is 2.12. The number of amides is 1. The zero-order chi connectivity index (χ0) is 14.7. The zero-order valence-corrected chi connectivity index (χ0v) is 12.8. The second kappa shape index (κ2) is 6.27. The third-order valence-electron chi connectivity index (χ3n) is 3.90. The average Bonchev–Trinajstić information content (AvgIpc) is 2.48. The Morgan fingerprint density at radius 1 is 1.35 bits per heavy atom. The Kier molecular flexibility index (Phi) is 4.65. The van der Waals surface area contributed by atoms with Crippen molar-refractivity contribution in [3.8, 4) is 0 Å². The fourth-order valence-electron chi connectivity index (χ4n) is 2.39. The van der Waals surface area contributed by atoms with Crippen LogP contribution in [0.2, 0.25) is 0 Å². The Bertz CT molecular complexity index is 458. The highest BCUT2D eigenvalue weighted by Crippen LogP contribution is 2.18. The lowest BCUT2D eigenvalue weighted by Crippen LogP contribution is -2.50. The van der Waals surface area contributed by atoms with E-state index in [-0.39, 0.29) is 18.1 Å². The van der Waals surface area contributed by atoms with Gasteiger partial charge in [-0.05, 0) is 45.0 Å². The van der Waals surface area contributed by atoms with Gasteiger partial charge in [0.25, 0.3) is 5.91 Å². The van der Waals surface area contributed by atoms with Gasteiger partial charge in [0.2, 0.25) is 0 Å². The minimum Gasteiger partial charge on any atom is -0.375 e. The van der Waals surface area contributed by atoms with E-state index < -0.39 is 0 Å². The van der Waals surface area contributed by atoms with Crippen molar-refractivity contribution in [1.29, 1.82) is 0 Å². The van der Waals surface area contributed by atoms with Gasteiger partial charge in [0.1, 0.15) is 0 Å². The van der Waals surface area contributed by atoms with E-state index in [1.54, 1.807) is 0 Å². The van der Waals surface area contributed by atoms with Crippen LogP contribution in [0.5, 0.6) is 0 Å². The molecule has 0 aliphatic carbocycles. The van der Waals surface area contributed by atoms with Crippen LogP contribution in [0.15, 0.2) is 24.3 Å². The summed E-state index contributed by atoms with van der Waals surface area (Å²) in [6.07, 6.45) is 0.112. The van der Waals surface area contributed by atoms with Gasteiger partial charge in [0.05, 0.1) is 18.8 Å². The second-order valence-corrected chi connectivity index (χ2v) is 5.51. The molecule has 1 saturated heterocycles. The summed E-state index contributed by atoms with van der Waals surface area (Å²) in [7, 11) is 2.04. The lowest BCUT2D eigenvalue weighted by atomic mass is 10.1. The van der Waals surface area contributed by atoms with Gasteiger partial charge < -0.3 is 14.5 Å². The summed E-state index contributed by atoms with van der Waals surface area (Å²) in [5, 5.41) is 0. The van der Waals surface area contributed by atoms with Crippen LogP contribution in [0.1, 0.15) is 31.1 Å². The predicted octanol–water partition coefficient (Wildman–Crippen LogP) is 2.39. The first-order valence-electron chi connectivity index (χ1n) is 7.26. The highest BCUT2D eigenvalue weighted by molar-refractivity contribution is 5.94. The third-order valence-corrected chi connectivity index (χ3v) is 3.90. The molecular weight excluding hydrogens is 252 g/mol. The van der Waals surface area contributed by atoms with Crippen molar-refractivity contribution in [2.75, 3.05) is 31.6 Å². The highest BCUT2D eigenvalue weighted by atomic mass is 16.5. The van der Waals surface area contributed by atoms with E-state index >= 15 is 0 Å². The summed E-state index contributed by atoms with van der Waals surface area (Å²) < 4.78 is 5.57. The molecule has 0 radical (unpaired) electrons. The Morgan fingerprint density at radius 3 is 2.60 bits per heavy atom. The fraction of sp³-hybridized carbons (Fsp3) is 0.562. The van der Waals surface area contributed by atoms with Crippen LogP contribution in [-0.4, -0.2) is 49.7 Å². The average molecular weight is 276 g/mol. The number of rotatable bonds is 3. The van der Waals surface area contributed by atoms with Gasteiger partial charge in [0.15, 0.2) is 0 Å². The van der Waals surface area contributed by atoms with E-state index in [0.29, 0.717) is 13.2 Å². The van der Waals surface area contributed by atoms with E-state index in [1.807, 2.05) is 50.1 Å². The molecule has 1 aromatic carbocycles. The highest BCUT2D eigenvalue weighted by Gasteiger charge is 2.28. The molecule has 2 unspecified atom stereocenters. The number of hydrogen-bond acceptors (Lipinski definition) is 3. The van der Waals surface area contributed by atoms with Gasteiger partial charge in [-0.3, -0.25) is 4.79 Å². The van der Waals surface area contributed by atoms with Crippen molar-refractivity contribution >= 4 is 11.6 Å². The molecule has 0 aromatic heterocycles. The largest absolute Gasteiger partial charge is 0.375 e. The molecule has 2 atom stereocenters. The minimum absolute atomic E-state index is 0.0957. The van der Waals surface area contributed by atoms with Crippen LogP contribution in [-0.2, 0) is 4.74 Å². The van der Waals surface area contributed by atoms with Crippen LogP contribution >= 0.6 is 0 Å². The monoisotopic (exact) mass is 276 g/mol. The summed E-state index contributed by atoms with van der Waals surface area (Å²) in [6, 6.07) is 7.97. The van der Waals surface area contributed by atoms with Crippen molar-refractivity contribution in [3.05, 3.63) is 29.8 Å². The van der Waals surface area contributed by atoms with Crippen LogP contribution in [0.25, 0.3) is 0 Å². The van der Waals surface area contributed by atoms with Crippen LogP contribution in [0, 0.1) is 0 Å². The fourth-order valence-corrected chi connectivity index (χ4v) is 2.39. The van der Waals surface area contributed by atoms with E-state index in [2.05, 4.69) is 11.8 Å². The number of carbonyl (C=O) groups is 1. The number of benzene rings is 1. The number of morpholine rings is 1. The first kappa shape index (κ1) is 14.9. The SMILES string of the molecule is CCN(C)c1ccc(C(=O)N2CC(C)OCC2C)cc1. The quantitative estimate of drug-likeness (QED) is 0.850. The molecular formula is C16H24N2O2. The lowest BCUT2D eigenvalue weighted by Gasteiger charge is -2.36. The molecule has 1 aliphatic heterocycles. The van der Waals surface area contributed by atoms with Gasteiger partial charge in [0, 0.05) is 31.4 Å². The first-order valence-corrected chi connectivity index (χ1v) is 7.26. The Hall–Kier alpha value is -1.55. The minimum atomic E-state index is 0.0957. The maximum absolute atomic E-state index is 12.6. The predicted molar refractivity (Wildman–Crippen MR) is 81.3 cm³/mol. The molecule has 0 N–H and O–H groups in total. The van der Waals surface area contributed by atoms with Gasteiger partial charge in [-0.1, -0.05) is 0 Å². The summed E-state index contributed by atoms with van der Waals surface area (Å²) in [6.45, 7) is 8.37. The van der Waals surface area contributed by atoms with E-state index in [1.165, 1.54) is 0 Å². The van der Waals surface area contributed by atoms with E-state index in [4.69, 9.17) is 4.74 Å². The van der Waals surface area contributed by atoms with E-state index in [9.17, 15) is 4.79 Å². The summed E-state index contributed by atoms with van der Waals surface area (Å²) in [5.74, 6) is 0.0957. The number of nitrogens with zero attached hydrogens (tertiary/aromatic N) is 2. The molecule has 20 heavy (non-hydrogen) atoms. The molecule has 4 nitrogen and oxygen atoms in total. The number of ether oxygens (including phenoxy) is 1. The molecule has 0 saturated carbocycles. The third kappa shape index (κ3) is 3.12. The molecule has 4 heteroatoms. The van der Waals surface area contributed by atoms with Gasteiger partial charge in [-0.2, -0.15) is 0 Å². The standard InChI is InChI=1S/C16H24N2O2/c1-5-17(4)15-8-6-14(7-9-15)16(19)18-10-13(3)20-11-12(18)2/h6-9,12-13H,5,10-11H2,1-4H3. The Labute approximate surface area is 121 Å². The molecule has 0 spiro atoms. The molecule has 1 heterocycles. The maximum Gasteiger partial charge on any atom is 0.254 e. The molecule has 1 aromatic rings.